The number of ether oxygens (including phenoxy) is 1. The number of Topliss-reactive ketones (excluding diaryl/α,β-unsaturated/α-hetero) is 1. The molecule has 5 heteroatoms. The predicted molar refractivity (Wildman–Crippen MR) is 85.9 cm³/mol. The van der Waals surface area contributed by atoms with Crippen molar-refractivity contribution in [3.63, 3.8) is 0 Å². The molecule has 0 radical (unpaired) electrons. The van der Waals surface area contributed by atoms with E-state index < -0.39 is 5.82 Å². The Morgan fingerprint density at radius 1 is 1.36 bits per heavy atom. The van der Waals surface area contributed by atoms with Crippen LogP contribution in [0.15, 0.2) is 18.2 Å². The summed E-state index contributed by atoms with van der Waals surface area (Å²) in [6.45, 7) is 9.76. The summed E-state index contributed by atoms with van der Waals surface area (Å²) in [5.74, 6) is -0.266. The van der Waals surface area contributed by atoms with E-state index >= 15 is 0 Å². The lowest BCUT2D eigenvalue weighted by Crippen LogP contribution is -2.49. The molecule has 2 rings (SSSR count). The molecule has 4 nitrogen and oxygen atoms in total. The predicted octanol–water partition coefficient (Wildman–Crippen LogP) is 2.80. The topological polar surface area (TPSA) is 41.6 Å². The number of halogens is 1. The van der Waals surface area contributed by atoms with Crippen molar-refractivity contribution in [1.29, 1.82) is 0 Å². The third-order valence-corrected chi connectivity index (χ3v) is 4.15. The molecule has 1 atom stereocenters. The molecule has 1 aromatic rings. The van der Waals surface area contributed by atoms with Gasteiger partial charge in [0.05, 0.1) is 18.8 Å². The quantitative estimate of drug-likeness (QED) is 0.821. The number of hydrogen-bond acceptors (Lipinski definition) is 4. The standard InChI is InChI=1S/C17H25FN2O2/c1-12(2)16(20-7-9-22-10-8-20)11-19-15-6-4-5-14(18)17(15)13(3)21/h4-6,12,16,19H,7-11H2,1-3H3. The fourth-order valence-electron chi connectivity index (χ4n) is 2.94. The van der Waals surface area contributed by atoms with Crippen molar-refractivity contribution in [3.05, 3.63) is 29.6 Å². The maximum Gasteiger partial charge on any atom is 0.164 e. The first-order valence-electron chi connectivity index (χ1n) is 7.85. The summed E-state index contributed by atoms with van der Waals surface area (Å²) in [6, 6.07) is 5.04. The molecule has 22 heavy (non-hydrogen) atoms. The van der Waals surface area contributed by atoms with E-state index in [1.54, 1.807) is 12.1 Å². The van der Waals surface area contributed by atoms with Crippen LogP contribution in [-0.4, -0.2) is 49.6 Å². The van der Waals surface area contributed by atoms with Gasteiger partial charge in [0.25, 0.3) is 0 Å². The molecule has 1 unspecified atom stereocenters. The largest absolute Gasteiger partial charge is 0.383 e. The molecule has 1 heterocycles. The number of rotatable bonds is 6. The molecule has 1 aromatic carbocycles. The molecular weight excluding hydrogens is 283 g/mol. The Kier molecular flexibility index (Phi) is 5.91. The third kappa shape index (κ3) is 4.05. The third-order valence-electron chi connectivity index (χ3n) is 4.15. The van der Waals surface area contributed by atoms with E-state index in [2.05, 4.69) is 24.1 Å². The number of morpholine rings is 1. The maximum absolute atomic E-state index is 13.9. The highest BCUT2D eigenvalue weighted by atomic mass is 19.1. The second-order valence-electron chi connectivity index (χ2n) is 6.06. The van der Waals surface area contributed by atoms with Crippen LogP contribution in [0, 0.1) is 11.7 Å². The average molecular weight is 308 g/mol. The van der Waals surface area contributed by atoms with E-state index in [1.807, 2.05) is 0 Å². The number of ketones is 1. The van der Waals surface area contributed by atoms with Crippen molar-refractivity contribution >= 4 is 11.5 Å². The number of hydrogen-bond donors (Lipinski definition) is 1. The van der Waals surface area contributed by atoms with Gasteiger partial charge in [0.1, 0.15) is 5.82 Å². The van der Waals surface area contributed by atoms with E-state index in [0.717, 1.165) is 26.3 Å². The van der Waals surface area contributed by atoms with Crippen molar-refractivity contribution in [2.45, 2.75) is 26.8 Å². The van der Waals surface area contributed by atoms with Crippen molar-refractivity contribution < 1.29 is 13.9 Å². The average Bonchev–Trinajstić information content (AvgIpc) is 2.48. The van der Waals surface area contributed by atoms with Crippen LogP contribution in [0.1, 0.15) is 31.1 Å². The summed E-state index contributed by atoms with van der Waals surface area (Å²) in [5, 5.41) is 3.27. The van der Waals surface area contributed by atoms with Crippen LogP contribution in [0.5, 0.6) is 0 Å². The molecule has 1 saturated heterocycles. The summed E-state index contributed by atoms with van der Waals surface area (Å²) in [4.78, 5) is 14.1. The molecular formula is C17H25FN2O2. The first kappa shape index (κ1) is 16.9. The van der Waals surface area contributed by atoms with Crippen molar-refractivity contribution in [1.82, 2.24) is 4.90 Å². The minimum atomic E-state index is -0.468. The molecule has 1 aliphatic rings. The summed E-state index contributed by atoms with van der Waals surface area (Å²) < 4.78 is 19.3. The lowest BCUT2D eigenvalue weighted by atomic mass is 10.0. The van der Waals surface area contributed by atoms with Crippen molar-refractivity contribution in [3.8, 4) is 0 Å². The van der Waals surface area contributed by atoms with Crippen LogP contribution in [0.25, 0.3) is 0 Å². The van der Waals surface area contributed by atoms with Gasteiger partial charge >= 0.3 is 0 Å². The zero-order chi connectivity index (χ0) is 16.1. The molecule has 1 fully saturated rings. The number of benzene rings is 1. The Morgan fingerprint density at radius 3 is 2.64 bits per heavy atom. The van der Waals surface area contributed by atoms with Crippen LogP contribution in [-0.2, 0) is 4.74 Å². The van der Waals surface area contributed by atoms with Gasteiger partial charge in [-0.15, -0.1) is 0 Å². The van der Waals surface area contributed by atoms with E-state index in [0.29, 0.717) is 24.2 Å². The van der Waals surface area contributed by atoms with Gasteiger partial charge < -0.3 is 10.1 Å². The Balaban J connectivity index is 2.09. The highest BCUT2D eigenvalue weighted by Gasteiger charge is 2.24. The van der Waals surface area contributed by atoms with E-state index in [-0.39, 0.29) is 11.3 Å². The number of carbonyl (C=O) groups excluding carboxylic acids is 1. The van der Waals surface area contributed by atoms with Crippen molar-refractivity contribution in [2.75, 3.05) is 38.2 Å². The molecule has 0 amide bonds. The summed E-state index contributed by atoms with van der Waals surface area (Å²) >= 11 is 0. The highest BCUT2D eigenvalue weighted by Crippen LogP contribution is 2.21. The second-order valence-corrected chi connectivity index (χ2v) is 6.06. The number of nitrogens with one attached hydrogen (secondary N) is 1. The monoisotopic (exact) mass is 308 g/mol. The van der Waals surface area contributed by atoms with Crippen LogP contribution < -0.4 is 5.32 Å². The number of carbonyl (C=O) groups is 1. The lowest BCUT2D eigenvalue weighted by molar-refractivity contribution is 0.00954. The van der Waals surface area contributed by atoms with Crippen LogP contribution in [0.2, 0.25) is 0 Å². The molecule has 122 valence electrons. The fraction of sp³-hybridized carbons (Fsp3) is 0.588. The van der Waals surface area contributed by atoms with Gasteiger partial charge in [-0.25, -0.2) is 4.39 Å². The SMILES string of the molecule is CC(=O)c1c(F)cccc1NCC(C(C)C)N1CCOCC1. The zero-order valence-electron chi connectivity index (χ0n) is 13.6. The number of nitrogens with zero attached hydrogens (tertiary/aromatic N) is 1. The van der Waals surface area contributed by atoms with Crippen LogP contribution >= 0.6 is 0 Å². The molecule has 1 aliphatic heterocycles. The Labute approximate surface area is 131 Å². The second kappa shape index (κ2) is 7.70. The van der Waals surface area contributed by atoms with Gasteiger partial charge in [-0.2, -0.15) is 0 Å². The minimum Gasteiger partial charge on any atom is -0.383 e. The molecule has 0 saturated carbocycles. The van der Waals surface area contributed by atoms with E-state index in [4.69, 9.17) is 4.74 Å². The molecule has 0 bridgehead atoms. The van der Waals surface area contributed by atoms with Gasteiger partial charge in [0.2, 0.25) is 0 Å². The molecule has 0 spiro atoms. The van der Waals surface area contributed by atoms with Crippen molar-refractivity contribution in [2.24, 2.45) is 5.92 Å². The Bertz CT molecular complexity index is 513. The highest BCUT2D eigenvalue weighted by molar-refractivity contribution is 5.99. The molecule has 1 N–H and O–H groups in total. The van der Waals surface area contributed by atoms with Crippen LogP contribution in [0.3, 0.4) is 0 Å². The smallest absolute Gasteiger partial charge is 0.164 e. The van der Waals surface area contributed by atoms with Gasteiger partial charge in [-0.05, 0) is 25.0 Å². The first-order valence-corrected chi connectivity index (χ1v) is 7.85. The lowest BCUT2D eigenvalue weighted by Gasteiger charge is -2.37. The molecule has 0 aliphatic carbocycles. The van der Waals surface area contributed by atoms with Crippen LogP contribution in [0.4, 0.5) is 10.1 Å². The Morgan fingerprint density at radius 2 is 2.05 bits per heavy atom. The summed E-state index contributed by atoms with van der Waals surface area (Å²) in [7, 11) is 0. The van der Waals surface area contributed by atoms with E-state index in [1.165, 1.54) is 13.0 Å². The fourth-order valence-corrected chi connectivity index (χ4v) is 2.94. The van der Waals surface area contributed by atoms with Gasteiger partial charge in [0, 0.05) is 31.4 Å². The normalized spacial score (nSPS) is 17.5. The Hall–Kier alpha value is -1.46. The van der Waals surface area contributed by atoms with Gasteiger partial charge in [-0.1, -0.05) is 19.9 Å². The molecule has 0 aromatic heterocycles. The summed E-state index contributed by atoms with van der Waals surface area (Å²) in [5.41, 5.74) is 0.721. The van der Waals surface area contributed by atoms with E-state index in [9.17, 15) is 9.18 Å². The summed E-state index contributed by atoms with van der Waals surface area (Å²) in [6.07, 6.45) is 0. The first-order chi connectivity index (χ1) is 10.5. The van der Waals surface area contributed by atoms with Gasteiger partial charge in [0.15, 0.2) is 5.78 Å². The number of anilines is 1. The van der Waals surface area contributed by atoms with Gasteiger partial charge in [-0.3, -0.25) is 9.69 Å². The zero-order valence-corrected chi connectivity index (χ0v) is 13.6. The maximum atomic E-state index is 13.9. The minimum absolute atomic E-state index is 0.145.